The first-order chi connectivity index (χ1) is 10.8. The van der Waals surface area contributed by atoms with Gasteiger partial charge in [-0.05, 0) is 31.4 Å². The Morgan fingerprint density at radius 2 is 1.91 bits per heavy atom. The van der Waals surface area contributed by atoms with Gasteiger partial charge in [0.15, 0.2) is 0 Å². The van der Waals surface area contributed by atoms with Crippen LogP contribution in [0.4, 0.5) is 0 Å². The van der Waals surface area contributed by atoms with Gasteiger partial charge in [-0.25, -0.2) is 4.98 Å². The van der Waals surface area contributed by atoms with Crippen LogP contribution in [0.15, 0.2) is 24.3 Å². The van der Waals surface area contributed by atoms with Crippen LogP contribution in [0.2, 0.25) is 0 Å². The van der Waals surface area contributed by atoms with Crippen molar-refractivity contribution >= 4 is 11.3 Å². The molecule has 0 unspecified atom stereocenters. The van der Waals surface area contributed by atoms with Gasteiger partial charge >= 0.3 is 0 Å². The summed E-state index contributed by atoms with van der Waals surface area (Å²) in [5.41, 5.74) is 3.14. The minimum Gasteiger partial charge on any atom is -0.300 e. The number of hydrogen-bond acceptors (Lipinski definition) is 4. The molecule has 1 fully saturated rings. The zero-order valence-electron chi connectivity index (χ0n) is 12.6. The molecule has 0 radical (unpaired) electrons. The summed E-state index contributed by atoms with van der Waals surface area (Å²) < 4.78 is 0. The maximum Gasteiger partial charge on any atom is 0.123 e. The Balaban J connectivity index is 1.53. The normalized spacial score (nSPS) is 19.0. The van der Waals surface area contributed by atoms with Crippen molar-refractivity contribution in [3.8, 4) is 16.6 Å². The summed E-state index contributed by atoms with van der Waals surface area (Å²) in [6.45, 7) is 2.35. The lowest BCUT2D eigenvalue weighted by Gasteiger charge is -2.36. The quantitative estimate of drug-likeness (QED) is 0.850. The van der Waals surface area contributed by atoms with Crippen LogP contribution in [0.25, 0.3) is 10.6 Å². The molecule has 1 aromatic heterocycles. The molecule has 3 nitrogen and oxygen atoms in total. The summed E-state index contributed by atoms with van der Waals surface area (Å²) in [6.07, 6.45) is 6.40. The van der Waals surface area contributed by atoms with Gasteiger partial charge in [-0.1, -0.05) is 18.6 Å². The highest BCUT2D eigenvalue weighted by Gasteiger charge is 2.27. The van der Waals surface area contributed by atoms with Crippen LogP contribution in [-0.2, 0) is 12.8 Å². The van der Waals surface area contributed by atoms with Crippen LogP contribution in [0.1, 0.15) is 35.4 Å². The lowest BCUT2D eigenvalue weighted by atomic mass is 9.91. The zero-order valence-corrected chi connectivity index (χ0v) is 13.4. The van der Waals surface area contributed by atoms with Crippen LogP contribution in [0.3, 0.4) is 0 Å². The van der Waals surface area contributed by atoms with E-state index in [1.54, 1.807) is 0 Å². The third-order valence-corrected chi connectivity index (χ3v) is 6.10. The number of thiazole rings is 1. The molecule has 1 aliphatic heterocycles. The van der Waals surface area contributed by atoms with Gasteiger partial charge in [0, 0.05) is 36.0 Å². The number of rotatable bonds is 2. The standard InChI is InChI=1S/C18H19N3S/c19-12-13-4-6-14(7-5-13)18-20-16-8-10-21(15-2-1-3-15)11-9-17(16)22-18/h4-7,15H,1-3,8-11H2. The van der Waals surface area contributed by atoms with Crippen molar-refractivity contribution in [1.29, 1.82) is 5.26 Å². The molecule has 22 heavy (non-hydrogen) atoms. The van der Waals surface area contributed by atoms with Gasteiger partial charge in [0.05, 0.1) is 17.3 Å². The van der Waals surface area contributed by atoms with E-state index in [2.05, 4.69) is 11.0 Å². The van der Waals surface area contributed by atoms with E-state index in [4.69, 9.17) is 10.2 Å². The largest absolute Gasteiger partial charge is 0.300 e. The van der Waals surface area contributed by atoms with Crippen LogP contribution in [0.5, 0.6) is 0 Å². The average Bonchev–Trinajstić information content (AvgIpc) is 2.82. The van der Waals surface area contributed by atoms with Gasteiger partial charge in [0.25, 0.3) is 0 Å². The Hall–Kier alpha value is -1.70. The molecule has 0 saturated heterocycles. The minimum atomic E-state index is 0.706. The van der Waals surface area contributed by atoms with E-state index in [0.29, 0.717) is 5.56 Å². The second-order valence-corrected chi connectivity index (χ2v) is 7.28. The molecule has 0 spiro atoms. The lowest BCUT2D eigenvalue weighted by molar-refractivity contribution is 0.133. The average molecular weight is 309 g/mol. The van der Waals surface area contributed by atoms with Crippen molar-refractivity contribution in [2.24, 2.45) is 0 Å². The Morgan fingerprint density at radius 1 is 1.14 bits per heavy atom. The summed E-state index contributed by atoms with van der Waals surface area (Å²) in [6, 6.07) is 10.8. The molecule has 0 bridgehead atoms. The Labute approximate surface area is 135 Å². The topological polar surface area (TPSA) is 39.9 Å². The molecule has 1 aliphatic carbocycles. The molecule has 1 saturated carbocycles. The number of aromatic nitrogens is 1. The third-order valence-electron chi connectivity index (χ3n) is 4.89. The fraction of sp³-hybridized carbons (Fsp3) is 0.444. The molecule has 2 aliphatic rings. The van der Waals surface area contributed by atoms with E-state index in [0.717, 1.165) is 36.0 Å². The number of benzene rings is 1. The Morgan fingerprint density at radius 3 is 2.59 bits per heavy atom. The van der Waals surface area contributed by atoms with E-state index >= 15 is 0 Å². The second-order valence-electron chi connectivity index (χ2n) is 6.20. The van der Waals surface area contributed by atoms with Gasteiger partial charge in [-0.2, -0.15) is 5.26 Å². The molecule has 4 heteroatoms. The first-order valence-corrected chi connectivity index (χ1v) is 8.88. The van der Waals surface area contributed by atoms with E-state index in [1.165, 1.54) is 36.4 Å². The van der Waals surface area contributed by atoms with E-state index in [9.17, 15) is 0 Å². The first-order valence-electron chi connectivity index (χ1n) is 8.06. The van der Waals surface area contributed by atoms with Crippen molar-refractivity contribution in [2.75, 3.05) is 13.1 Å². The lowest BCUT2D eigenvalue weighted by Crippen LogP contribution is -2.41. The number of nitrogens with zero attached hydrogens (tertiary/aromatic N) is 3. The maximum absolute atomic E-state index is 8.89. The second kappa shape index (κ2) is 5.83. The molecule has 0 amide bonds. The SMILES string of the molecule is N#Cc1ccc(-c2nc3c(s2)CCN(C2CCC2)CC3)cc1. The molecule has 112 valence electrons. The highest BCUT2D eigenvalue weighted by Crippen LogP contribution is 2.32. The van der Waals surface area contributed by atoms with E-state index in [-0.39, 0.29) is 0 Å². The summed E-state index contributed by atoms with van der Waals surface area (Å²) in [5, 5.41) is 9.99. The predicted octanol–water partition coefficient (Wildman–Crippen LogP) is 3.63. The fourth-order valence-electron chi connectivity index (χ4n) is 3.31. The van der Waals surface area contributed by atoms with Crippen LogP contribution in [-0.4, -0.2) is 29.0 Å². The summed E-state index contributed by atoms with van der Waals surface area (Å²) in [4.78, 5) is 9.01. The van der Waals surface area contributed by atoms with Gasteiger partial charge < -0.3 is 0 Å². The van der Waals surface area contributed by atoms with Crippen molar-refractivity contribution in [3.63, 3.8) is 0 Å². The first kappa shape index (κ1) is 13.9. The van der Waals surface area contributed by atoms with Gasteiger partial charge in [-0.3, -0.25) is 4.90 Å². The third kappa shape index (κ3) is 2.55. The van der Waals surface area contributed by atoms with Crippen molar-refractivity contribution in [2.45, 2.75) is 38.1 Å². The molecule has 1 aromatic carbocycles. The molecular formula is C18H19N3S. The summed E-state index contributed by atoms with van der Waals surface area (Å²) in [7, 11) is 0. The van der Waals surface area contributed by atoms with Gasteiger partial charge in [0.2, 0.25) is 0 Å². The van der Waals surface area contributed by atoms with Crippen LogP contribution in [0, 0.1) is 11.3 Å². The number of hydrogen-bond donors (Lipinski definition) is 0. The Bertz CT molecular complexity index is 681. The van der Waals surface area contributed by atoms with E-state index < -0.39 is 0 Å². The Kier molecular flexibility index (Phi) is 3.69. The van der Waals surface area contributed by atoms with Gasteiger partial charge in [-0.15, -0.1) is 11.3 Å². The van der Waals surface area contributed by atoms with Gasteiger partial charge in [0.1, 0.15) is 5.01 Å². The number of nitriles is 1. The maximum atomic E-state index is 8.89. The van der Waals surface area contributed by atoms with Crippen molar-refractivity contribution in [3.05, 3.63) is 40.4 Å². The minimum absolute atomic E-state index is 0.706. The van der Waals surface area contributed by atoms with Crippen LogP contribution >= 0.6 is 11.3 Å². The van der Waals surface area contributed by atoms with Crippen LogP contribution < -0.4 is 0 Å². The smallest absolute Gasteiger partial charge is 0.123 e. The predicted molar refractivity (Wildman–Crippen MR) is 88.9 cm³/mol. The molecule has 2 aromatic rings. The molecule has 2 heterocycles. The monoisotopic (exact) mass is 309 g/mol. The highest BCUT2D eigenvalue weighted by molar-refractivity contribution is 7.15. The molecule has 0 N–H and O–H groups in total. The molecule has 0 atom stereocenters. The zero-order chi connectivity index (χ0) is 14.9. The fourth-order valence-corrected chi connectivity index (χ4v) is 4.41. The number of fused-ring (bicyclic) bond motifs is 1. The molecular weight excluding hydrogens is 290 g/mol. The summed E-state index contributed by atoms with van der Waals surface area (Å²) >= 11 is 1.83. The van der Waals surface area contributed by atoms with Crippen molar-refractivity contribution < 1.29 is 0 Å². The van der Waals surface area contributed by atoms with E-state index in [1.807, 2.05) is 35.6 Å². The summed E-state index contributed by atoms with van der Waals surface area (Å²) in [5.74, 6) is 0. The highest BCUT2D eigenvalue weighted by atomic mass is 32.1. The van der Waals surface area contributed by atoms with Crippen molar-refractivity contribution in [1.82, 2.24) is 9.88 Å². The molecule has 4 rings (SSSR count).